The van der Waals surface area contributed by atoms with Gasteiger partial charge < -0.3 is 15.0 Å². The number of piperidine rings is 1. The van der Waals surface area contributed by atoms with E-state index in [1.165, 1.54) is 11.1 Å². The van der Waals surface area contributed by atoms with Crippen LogP contribution in [0.3, 0.4) is 0 Å². The maximum atomic E-state index is 11.7. The van der Waals surface area contributed by atoms with Gasteiger partial charge in [0.25, 0.3) is 0 Å². The number of nitrogens with one attached hydrogen (secondary N) is 1. The first-order chi connectivity index (χ1) is 9.69. The molecule has 4 heteroatoms. The Morgan fingerprint density at radius 2 is 2.15 bits per heavy atom. The molecule has 1 aromatic carbocycles. The molecule has 0 spiro atoms. The van der Waals surface area contributed by atoms with Crippen LogP contribution in [0.4, 0.5) is 0 Å². The van der Waals surface area contributed by atoms with Crippen molar-refractivity contribution in [2.24, 2.45) is 0 Å². The second-order valence-electron chi connectivity index (χ2n) is 5.46. The van der Waals surface area contributed by atoms with E-state index in [0.29, 0.717) is 6.04 Å². The Morgan fingerprint density at radius 1 is 1.40 bits per heavy atom. The molecule has 20 heavy (non-hydrogen) atoms. The molecule has 0 radical (unpaired) electrons. The van der Waals surface area contributed by atoms with Gasteiger partial charge in [-0.3, -0.25) is 4.79 Å². The van der Waals surface area contributed by atoms with Gasteiger partial charge in [-0.2, -0.15) is 0 Å². The minimum Gasteiger partial charge on any atom is -0.375 e. The highest BCUT2D eigenvalue weighted by atomic mass is 16.5. The Labute approximate surface area is 121 Å². The van der Waals surface area contributed by atoms with Crippen LogP contribution >= 0.6 is 0 Å². The van der Waals surface area contributed by atoms with E-state index >= 15 is 0 Å². The van der Waals surface area contributed by atoms with Gasteiger partial charge >= 0.3 is 0 Å². The van der Waals surface area contributed by atoms with Crippen LogP contribution in [0, 0.1) is 6.92 Å². The van der Waals surface area contributed by atoms with Crippen LogP contribution in [0.2, 0.25) is 0 Å². The first-order valence-corrected chi connectivity index (χ1v) is 7.24. The molecule has 0 saturated carbocycles. The third kappa shape index (κ3) is 4.32. The Morgan fingerprint density at radius 3 is 2.80 bits per heavy atom. The predicted octanol–water partition coefficient (Wildman–Crippen LogP) is 1.72. The molecule has 1 aliphatic rings. The van der Waals surface area contributed by atoms with Gasteiger partial charge in [0.05, 0.1) is 0 Å². The highest BCUT2D eigenvalue weighted by molar-refractivity contribution is 5.77. The number of methoxy groups -OCH3 is 1. The van der Waals surface area contributed by atoms with Gasteiger partial charge in [-0.05, 0) is 25.3 Å². The number of amides is 1. The van der Waals surface area contributed by atoms with E-state index in [0.717, 1.165) is 32.5 Å². The second kappa shape index (κ2) is 7.41. The number of likely N-dealkylation sites (tertiary alicyclic amines) is 1. The molecule has 110 valence electrons. The normalized spacial score (nSPS) is 16.4. The Bertz CT molecular complexity index is 440. The molecule has 1 heterocycles. The van der Waals surface area contributed by atoms with Gasteiger partial charge in [-0.1, -0.05) is 29.8 Å². The van der Waals surface area contributed by atoms with Crippen LogP contribution < -0.4 is 5.32 Å². The molecule has 0 aromatic heterocycles. The van der Waals surface area contributed by atoms with E-state index in [1.54, 1.807) is 7.11 Å². The lowest BCUT2D eigenvalue weighted by molar-refractivity contribution is -0.136. The Kier molecular flexibility index (Phi) is 5.56. The minimum absolute atomic E-state index is 0.102. The molecule has 1 aliphatic heterocycles. The zero-order chi connectivity index (χ0) is 14.4. The predicted molar refractivity (Wildman–Crippen MR) is 79.5 cm³/mol. The first-order valence-electron chi connectivity index (χ1n) is 7.24. The lowest BCUT2D eigenvalue weighted by Gasteiger charge is -2.32. The third-order valence-corrected chi connectivity index (χ3v) is 3.79. The van der Waals surface area contributed by atoms with Gasteiger partial charge in [-0.15, -0.1) is 0 Å². The molecule has 2 rings (SSSR count). The maximum absolute atomic E-state index is 11.7. The van der Waals surface area contributed by atoms with Crippen LogP contribution in [0.25, 0.3) is 0 Å². The molecule has 1 saturated heterocycles. The average Bonchev–Trinajstić information content (AvgIpc) is 2.46. The molecule has 1 N–H and O–H groups in total. The fourth-order valence-electron chi connectivity index (χ4n) is 2.63. The molecule has 1 fully saturated rings. The van der Waals surface area contributed by atoms with Crippen molar-refractivity contribution in [2.45, 2.75) is 32.4 Å². The fraction of sp³-hybridized carbons (Fsp3) is 0.562. The van der Waals surface area contributed by atoms with Crippen molar-refractivity contribution in [1.82, 2.24) is 10.2 Å². The summed E-state index contributed by atoms with van der Waals surface area (Å²) in [6.07, 6.45) is 2.03. The fourth-order valence-corrected chi connectivity index (χ4v) is 2.63. The lowest BCUT2D eigenvalue weighted by Crippen LogP contribution is -2.45. The van der Waals surface area contributed by atoms with Gasteiger partial charge in [0.15, 0.2) is 0 Å². The largest absolute Gasteiger partial charge is 0.375 e. The SMILES string of the molecule is COCC(=O)N1CCC(NCc2cccc(C)c2)CC1. The van der Waals surface area contributed by atoms with Crippen LogP contribution in [0.5, 0.6) is 0 Å². The van der Waals surface area contributed by atoms with E-state index < -0.39 is 0 Å². The lowest BCUT2D eigenvalue weighted by atomic mass is 10.0. The second-order valence-corrected chi connectivity index (χ2v) is 5.46. The molecular formula is C16H24N2O2. The zero-order valence-corrected chi connectivity index (χ0v) is 12.4. The molecule has 0 atom stereocenters. The smallest absolute Gasteiger partial charge is 0.248 e. The quantitative estimate of drug-likeness (QED) is 0.890. The van der Waals surface area contributed by atoms with Crippen LogP contribution in [-0.4, -0.2) is 43.7 Å². The van der Waals surface area contributed by atoms with Crippen LogP contribution in [-0.2, 0) is 16.1 Å². The number of nitrogens with zero attached hydrogens (tertiary/aromatic N) is 1. The summed E-state index contributed by atoms with van der Waals surface area (Å²) in [4.78, 5) is 13.6. The number of hydrogen-bond acceptors (Lipinski definition) is 3. The Balaban J connectivity index is 1.73. The van der Waals surface area contributed by atoms with Crippen molar-refractivity contribution >= 4 is 5.91 Å². The zero-order valence-electron chi connectivity index (χ0n) is 12.4. The first kappa shape index (κ1) is 15.0. The topological polar surface area (TPSA) is 41.6 Å². The molecule has 1 aromatic rings. The number of carbonyl (C=O) groups is 1. The average molecular weight is 276 g/mol. The summed E-state index contributed by atoms with van der Waals surface area (Å²) in [7, 11) is 1.56. The molecular weight excluding hydrogens is 252 g/mol. The summed E-state index contributed by atoms with van der Waals surface area (Å²) in [5, 5.41) is 3.59. The summed E-state index contributed by atoms with van der Waals surface area (Å²) in [6, 6.07) is 9.07. The molecule has 0 aliphatic carbocycles. The number of benzene rings is 1. The van der Waals surface area contributed by atoms with Crippen molar-refractivity contribution in [1.29, 1.82) is 0 Å². The Hall–Kier alpha value is -1.39. The molecule has 0 unspecified atom stereocenters. The number of carbonyl (C=O) groups excluding carboxylic acids is 1. The third-order valence-electron chi connectivity index (χ3n) is 3.79. The monoisotopic (exact) mass is 276 g/mol. The summed E-state index contributed by atoms with van der Waals surface area (Å²) >= 11 is 0. The van der Waals surface area contributed by atoms with E-state index in [4.69, 9.17) is 4.74 Å². The van der Waals surface area contributed by atoms with Gasteiger partial charge in [-0.25, -0.2) is 0 Å². The van der Waals surface area contributed by atoms with Crippen molar-refractivity contribution in [3.8, 4) is 0 Å². The highest BCUT2D eigenvalue weighted by Gasteiger charge is 2.21. The van der Waals surface area contributed by atoms with Crippen molar-refractivity contribution in [2.75, 3.05) is 26.8 Å². The summed E-state index contributed by atoms with van der Waals surface area (Å²) in [6.45, 7) is 4.87. The molecule has 4 nitrogen and oxygen atoms in total. The maximum Gasteiger partial charge on any atom is 0.248 e. The summed E-state index contributed by atoms with van der Waals surface area (Å²) < 4.78 is 4.89. The van der Waals surface area contributed by atoms with Crippen molar-refractivity contribution in [3.63, 3.8) is 0 Å². The van der Waals surface area contributed by atoms with Crippen molar-refractivity contribution < 1.29 is 9.53 Å². The number of ether oxygens (including phenoxy) is 1. The van der Waals surface area contributed by atoms with E-state index in [1.807, 2.05) is 4.90 Å². The van der Waals surface area contributed by atoms with Gasteiger partial charge in [0, 0.05) is 32.8 Å². The number of hydrogen-bond donors (Lipinski definition) is 1. The summed E-state index contributed by atoms with van der Waals surface area (Å²) in [5.41, 5.74) is 2.62. The van der Waals surface area contributed by atoms with Gasteiger partial charge in [0.1, 0.15) is 6.61 Å². The molecule has 0 bridgehead atoms. The minimum atomic E-state index is 0.102. The standard InChI is InChI=1S/C16H24N2O2/c1-13-4-3-5-14(10-13)11-17-15-6-8-18(9-7-15)16(19)12-20-2/h3-5,10,15,17H,6-9,11-12H2,1-2H3. The number of rotatable bonds is 5. The molecule has 1 amide bonds. The van der Waals surface area contributed by atoms with E-state index in [2.05, 4.69) is 36.5 Å². The highest BCUT2D eigenvalue weighted by Crippen LogP contribution is 2.12. The van der Waals surface area contributed by atoms with Crippen molar-refractivity contribution in [3.05, 3.63) is 35.4 Å². The van der Waals surface area contributed by atoms with Gasteiger partial charge in [0.2, 0.25) is 5.91 Å². The van der Waals surface area contributed by atoms with E-state index in [9.17, 15) is 4.79 Å². The van der Waals surface area contributed by atoms with Crippen LogP contribution in [0.15, 0.2) is 24.3 Å². The van der Waals surface area contributed by atoms with Crippen LogP contribution in [0.1, 0.15) is 24.0 Å². The number of aryl methyl sites for hydroxylation is 1. The van der Waals surface area contributed by atoms with E-state index in [-0.39, 0.29) is 12.5 Å². The summed E-state index contributed by atoms with van der Waals surface area (Å²) in [5.74, 6) is 0.102.